The second-order valence-corrected chi connectivity index (χ2v) is 6.68. The van der Waals surface area contributed by atoms with Crippen LogP contribution in [0.2, 0.25) is 0 Å². The third-order valence-corrected chi connectivity index (χ3v) is 5.42. The first-order chi connectivity index (χ1) is 9.44. The van der Waals surface area contributed by atoms with Gasteiger partial charge in [0, 0.05) is 17.3 Å². The highest BCUT2D eigenvalue weighted by Crippen LogP contribution is 2.43. The standard InChI is InChI=1S/C15H20F3NS/c1-20-14(8-5-9-14)11-19-13(10-15(16,17)18)12-6-3-2-4-7-12/h2-4,6-7,13,19H,5,8-11H2,1H3. The van der Waals surface area contributed by atoms with Gasteiger partial charge in [-0.15, -0.1) is 0 Å². The first-order valence-corrected chi connectivity index (χ1v) is 8.07. The Hall–Kier alpha value is -0.680. The van der Waals surface area contributed by atoms with Crippen LogP contribution < -0.4 is 5.32 Å². The van der Waals surface area contributed by atoms with Gasteiger partial charge in [0.25, 0.3) is 0 Å². The summed E-state index contributed by atoms with van der Waals surface area (Å²) in [5.74, 6) is 0. The van der Waals surface area contributed by atoms with Crippen molar-refractivity contribution < 1.29 is 13.2 Å². The number of thioether (sulfide) groups is 1. The third-order valence-electron chi connectivity index (χ3n) is 4.01. The summed E-state index contributed by atoms with van der Waals surface area (Å²) in [6.07, 6.45) is 0.435. The molecule has 1 aliphatic carbocycles. The van der Waals surface area contributed by atoms with Crippen molar-refractivity contribution in [2.24, 2.45) is 0 Å². The summed E-state index contributed by atoms with van der Waals surface area (Å²) in [6, 6.07) is 8.26. The predicted octanol–water partition coefficient (Wildman–Crippen LogP) is 4.56. The van der Waals surface area contributed by atoms with Crippen molar-refractivity contribution in [2.45, 2.75) is 42.6 Å². The maximum absolute atomic E-state index is 12.7. The summed E-state index contributed by atoms with van der Waals surface area (Å²) in [6.45, 7) is 0.643. The van der Waals surface area contributed by atoms with E-state index in [4.69, 9.17) is 0 Å². The fraction of sp³-hybridized carbons (Fsp3) is 0.600. The van der Waals surface area contributed by atoms with Crippen molar-refractivity contribution in [3.63, 3.8) is 0 Å². The predicted molar refractivity (Wildman–Crippen MR) is 78.0 cm³/mol. The molecule has 1 atom stereocenters. The van der Waals surface area contributed by atoms with Gasteiger partial charge in [-0.05, 0) is 24.7 Å². The minimum absolute atomic E-state index is 0.138. The summed E-state index contributed by atoms with van der Waals surface area (Å²) in [7, 11) is 0. The van der Waals surface area contributed by atoms with Crippen LogP contribution in [0.15, 0.2) is 30.3 Å². The largest absolute Gasteiger partial charge is 0.390 e. The summed E-state index contributed by atoms with van der Waals surface area (Å²) in [4.78, 5) is 0. The molecule has 2 rings (SSSR count). The van der Waals surface area contributed by atoms with E-state index in [1.54, 1.807) is 36.0 Å². The second-order valence-electron chi connectivity index (χ2n) is 5.40. The summed E-state index contributed by atoms with van der Waals surface area (Å²) in [5.41, 5.74) is 0.709. The van der Waals surface area contributed by atoms with Crippen LogP contribution in [0.25, 0.3) is 0 Å². The highest BCUT2D eigenvalue weighted by Gasteiger charge is 2.38. The van der Waals surface area contributed by atoms with Gasteiger partial charge in [-0.1, -0.05) is 36.8 Å². The second kappa shape index (κ2) is 6.39. The molecule has 0 heterocycles. The highest BCUT2D eigenvalue weighted by atomic mass is 32.2. The molecule has 0 spiro atoms. The monoisotopic (exact) mass is 303 g/mol. The van der Waals surface area contributed by atoms with Gasteiger partial charge in [0.1, 0.15) is 0 Å². The van der Waals surface area contributed by atoms with Crippen molar-refractivity contribution in [1.29, 1.82) is 0 Å². The molecule has 1 unspecified atom stereocenters. The molecule has 0 amide bonds. The van der Waals surface area contributed by atoms with Gasteiger partial charge in [-0.2, -0.15) is 24.9 Å². The van der Waals surface area contributed by atoms with Gasteiger partial charge in [0.2, 0.25) is 0 Å². The van der Waals surface area contributed by atoms with Crippen molar-refractivity contribution in [1.82, 2.24) is 5.32 Å². The Morgan fingerprint density at radius 2 is 1.90 bits per heavy atom. The number of nitrogens with one attached hydrogen (secondary N) is 1. The van der Waals surface area contributed by atoms with Crippen molar-refractivity contribution >= 4 is 11.8 Å². The molecule has 0 saturated heterocycles. The molecule has 1 nitrogen and oxygen atoms in total. The molecule has 1 fully saturated rings. The number of hydrogen-bond acceptors (Lipinski definition) is 2. The summed E-state index contributed by atoms with van der Waals surface area (Å²) < 4.78 is 38.4. The smallest absolute Gasteiger partial charge is 0.308 e. The zero-order valence-electron chi connectivity index (χ0n) is 11.5. The van der Waals surface area contributed by atoms with Gasteiger partial charge in [0.05, 0.1) is 6.42 Å². The van der Waals surface area contributed by atoms with Crippen LogP contribution >= 0.6 is 11.8 Å². The molecule has 5 heteroatoms. The molecule has 1 aliphatic rings. The van der Waals surface area contributed by atoms with Crippen LogP contribution in [0.4, 0.5) is 13.2 Å². The Balaban J connectivity index is 2.03. The van der Waals surface area contributed by atoms with Crippen LogP contribution in [0, 0.1) is 0 Å². The Morgan fingerprint density at radius 3 is 2.35 bits per heavy atom. The lowest BCUT2D eigenvalue weighted by atomic mass is 9.84. The first-order valence-electron chi connectivity index (χ1n) is 6.84. The molecule has 0 aromatic heterocycles. The van der Waals surface area contributed by atoms with Gasteiger partial charge < -0.3 is 5.32 Å². The molecular weight excluding hydrogens is 283 g/mol. The molecule has 1 aromatic carbocycles. The number of benzene rings is 1. The van der Waals surface area contributed by atoms with Gasteiger partial charge in [0.15, 0.2) is 0 Å². The van der Waals surface area contributed by atoms with Crippen LogP contribution in [0.5, 0.6) is 0 Å². The Labute approximate surface area is 122 Å². The normalized spacial score (nSPS) is 19.4. The molecular formula is C15H20F3NS. The van der Waals surface area contributed by atoms with E-state index in [-0.39, 0.29) is 4.75 Å². The Kier molecular flexibility index (Phi) is 5.02. The number of halogens is 3. The van der Waals surface area contributed by atoms with Crippen LogP contribution in [0.1, 0.15) is 37.3 Å². The zero-order valence-corrected chi connectivity index (χ0v) is 12.4. The quantitative estimate of drug-likeness (QED) is 0.827. The van der Waals surface area contributed by atoms with E-state index in [2.05, 4.69) is 5.32 Å². The number of alkyl halides is 3. The highest BCUT2D eigenvalue weighted by molar-refractivity contribution is 8.00. The molecule has 0 bridgehead atoms. The minimum atomic E-state index is -4.15. The maximum atomic E-state index is 12.7. The molecule has 0 radical (unpaired) electrons. The van der Waals surface area contributed by atoms with E-state index < -0.39 is 18.6 Å². The molecule has 1 N–H and O–H groups in total. The SMILES string of the molecule is CSC1(CNC(CC(F)(F)F)c2ccccc2)CCC1. The minimum Gasteiger partial charge on any atom is -0.308 e. The van der Waals surface area contributed by atoms with E-state index in [0.717, 1.165) is 12.8 Å². The number of hydrogen-bond donors (Lipinski definition) is 1. The zero-order chi connectivity index (χ0) is 14.6. The van der Waals surface area contributed by atoms with Crippen LogP contribution in [-0.4, -0.2) is 23.7 Å². The average molecular weight is 303 g/mol. The fourth-order valence-electron chi connectivity index (χ4n) is 2.56. The van der Waals surface area contributed by atoms with E-state index in [9.17, 15) is 13.2 Å². The van der Waals surface area contributed by atoms with E-state index >= 15 is 0 Å². The molecule has 112 valence electrons. The Morgan fingerprint density at radius 1 is 1.25 bits per heavy atom. The number of rotatable bonds is 6. The third kappa shape index (κ3) is 4.16. The Bertz CT molecular complexity index is 409. The topological polar surface area (TPSA) is 12.0 Å². The lowest BCUT2D eigenvalue weighted by molar-refractivity contribution is -0.140. The van der Waals surface area contributed by atoms with E-state index in [0.29, 0.717) is 12.1 Å². The van der Waals surface area contributed by atoms with E-state index in [1.165, 1.54) is 6.42 Å². The molecule has 20 heavy (non-hydrogen) atoms. The lowest BCUT2D eigenvalue weighted by Gasteiger charge is -2.41. The van der Waals surface area contributed by atoms with Gasteiger partial charge in [-0.3, -0.25) is 0 Å². The summed E-state index contributed by atoms with van der Waals surface area (Å²) >= 11 is 1.77. The van der Waals surface area contributed by atoms with Crippen molar-refractivity contribution in [3.05, 3.63) is 35.9 Å². The summed E-state index contributed by atoms with van der Waals surface area (Å²) in [5, 5.41) is 3.15. The van der Waals surface area contributed by atoms with Crippen molar-refractivity contribution in [3.8, 4) is 0 Å². The lowest BCUT2D eigenvalue weighted by Crippen LogP contribution is -2.45. The van der Waals surface area contributed by atoms with Gasteiger partial charge in [-0.25, -0.2) is 0 Å². The van der Waals surface area contributed by atoms with E-state index in [1.807, 2.05) is 12.3 Å². The fourth-order valence-corrected chi connectivity index (χ4v) is 3.48. The molecule has 1 aromatic rings. The van der Waals surface area contributed by atoms with Crippen LogP contribution in [0.3, 0.4) is 0 Å². The average Bonchev–Trinajstić information content (AvgIpc) is 2.36. The van der Waals surface area contributed by atoms with Gasteiger partial charge >= 0.3 is 6.18 Å². The first kappa shape index (κ1) is 15.7. The van der Waals surface area contributed by atoms with Crippen LogP contribution in [-0.2, 0) is 0 Å². The molecule has 1 saturated carbocycles. The maximum Gasteiger partial charge on any atom is 0.390 e. The molecule has 0 aliphatic heterocycles. The van der Waals surface area contributed by atoms with Crippen molar-refractivity contribution in [2.75, 3.05) is 12.8 Å².